The third-order valence-electron chi connectivity index (χ3n) is 3.56. The first-order valence-electron chi connectivity index (χ1n) is 7.07. The lowest BCUT2D eigenvalue weighted by Gasteiger charge is -2.29. The number of hydrogen-bond donors (Lipinski definition) is 1. The molecule has 0 fully saturated rings. The zero-order chi connectivity index (χ0) is 14.3. The van der Waals surface area contributed by atoms with Crippen molar-refractivity contribution in [2.24, 2.45) is 0 Å². The molecule has 1 N–H and O–H groups in total. The number of likely N-dealkylation sites (N-methyl/N-ethyl adjacent to an activating group) is 2. The van der Waals surface area contributed by atoms with Gasteiger partial charge in [-0.1, -0.05) is 36.8 Å². The molecule has 3 nitrogen and oxygen atoms in total. The molecular weight excluding hydrogens is 236 g/mol. The number of nitrogens with zero attached hydrogens (tertiary/aromatic N) is 1. The minimum atomic E-state index is 0.370. The van der Waals surface area contributed by atoms with Crippen molar-refractivity contribution in [1.82, 2.24) is 10.2 Å². The van der Waals surface area contributed by atoms with E-state index in [0.29, 0.717) is 12.1 Å². The van der Waals surface area contributed by atoms with E-state index in [2.05, 4.69) is 62.3 Å². The van der Waals surface area contributed by atoms with Crippen LogP contribution in [0.25, 0.3) is 0 Å². The van der Waals surface area contributed by atoms with Crippen LogP contribution in [-0.4, -0.2) is 44.8 Å². The van der Waals surface area contributed by atoms with Crippen LogP contribution in [0.3, 0.4) is 0 Å². The predicted molar refractivity (Wildman–Crippen MR) is 81.6 cm³/mol. The molecule has 0 aromatic heterocycles. The normalized spacial score (nSPS) is 14.6. The molecule has 2 unspecified atom stereocenters. The molecule has 1 aromatic carbocycles. The molecule has 0 saturated heterocycles. The number of ether oxygens (including phenoxy) is 1. The lowest BCUT2D eigenvalue weighted by molar-refractivity contribution is 0.109. The van der Waals surface area contributed by atoms with Gasteiger partial charge in [-0.2, -0.15) is 0 Å². The maximum absolute atomic E-state index is 5.23. The number of benzene rings is 1. The van der Waals surface area contributed by atoms with Crippen LogP contribution in [0.4, 0.5) is 0 Å². The molecule has 0 radical (unpaired) electrons. The average Bonchev–Trinajstić information content (AvgIpc) is 2.39. The number of rotatable bonds is 8. The third kappa shape index (κ3) is 5.31. The Hall–Kier alpha value is -0.900. The van der Waals surface area contributed by atoms with Crippen LogP contribution in [0.15, 0.2) is 24.3 Å². The fraction of sp³-hybridized carbons (Fsp3) is 0.625. The summed E-state index contributed by atoms with van der Waals surface area (Å²) in [5.74, 6) is 0. The van der Waals surface area contributed by atoms with Crippen molar-refractivity contribution in [1.29, 1.82) is 0 Å². The Morgan fingerprint density at radius 2 is 1.89 bits per heavy atom. The standard InChI is InChI=1S/C16H28N2O/c1-6-17-16(11-18(4)14(3)12-19-5)15-9-7-13(2)8-10-15/h7-10,14,16-17H,6,11-12H2,1-5H3. The predicted octanol–water partition coefficient (Wildman–Crippen LogP) is 2.61. The highest BCUT2D eigenvalue weighted by Crippen LogP contribution is 2.16. The number of hydrogen-bond acceptors (Lipinski definition) is 3. The maximum atomic E-state index is 5.23. The summed E-state index contributed by atoms with van der Waals surface area (Å²) in [6, 6.07) is 9.59. The van der Waals surface area contributed by atoms with Crippen LogP contribution < -0.4 is 5.32 Å². The SMILES string of the molecule is CCNC(CN(C)C(C)COC)c1ccc(C)cc1. The van der Waals surface area contributed by atoms with Crippen molar-refractivity contribution in [3.8, 4) is 0 Å². The smallest absolute Gasteiger partial charge is 0.0615 e. The van der Waals surface area contributed by atoms with Crippen molar-refractivity contribution in [2.75, 3.05) is 33.9 Å². The molecule has 2 atom stereocenters. The van der Waals surface area contributed by atoms with E-state index in [-0.39, 0.29) is 0 Å². The highest BCUT2D eigenvalue weighted by atomic mass is 16.5. The Morgan fingerprint density at radius 1 is 1.26 bits per heavy atom. The molecule has 3 heteroatoms. The first-order valence-corrected chi connectivity index (χ1v) is 7.07. The van der Waals surface area contributed by atoms with Crippen molar-refractivity contribution in [2.45, 2.75) is 32.9 Å². The Balaban J connectivity index is 2.69. The van der Waals surface area contributed by atoms with Gasteiger partial charge in [0.25, 0.3) is 0 Å². The topological polar surface area (TPSA) is 24.5 Å². The third-order valence-corrected chi connectivity index (χ3v) is 3.56. The summed E-state index contributed by atoms with van der Waals surface area (Å²) in [6.45, 7) is 9.20. The average molecular weight is 264 g/mol. The van der Waals surface area contributed by atoms with Gasteiger partial charge in [0.15, 0.2) is 0 Å². The van der Waals surface area contributed by atoms with Gasteiger partial charge in [0, 0.05) is 25.7 Å². The second-order valence-corrected chi connectivity index (χ2v) is 5.26. The maximum Gasteiger partial charge on any atom is 0.0615 e. The van der Waals surface area contributed by atoms with Gasteiger partial charge in [-0.15, -0.1) is 0 Å². The molecular formula is C16H28N2O. The minimum Gasteiger partial charge on any atom is -0.383 e. The molecule has 0 aliphatic carbocycles. The van der Waals surface area contributed by atoms with Crippen LogP contribution in [-0.2, 0) is 4.74 Å². The summed E-state index contributed by atoms with van der Waals surface area (Å²) >= 11 is 0. The highest BCUT2D eigenvalue weighted by molar-refractivity contribution is 5.24. The van der Waals surface area contributed by atoms with Crippen LogP contribution in [0.2, 0.25) is 0 Å². The lowest BCUT2D eigenvalue weighted by atomic mass is 10.0. The van der Waals surface area contributed by atoms with E-state index in [0.717, 1.165) is 19.7 Å². The Labute approximate surface area is 118 Å². The lowest BCUT2D eigenvalue weighted by Crippen LogP contribution is -2.39. The van der Waals surface area contributed by atoms with Gasteiger partial charge in [-0.05, 0) is 33.0 Å². The van der Waals surface area contributed by atoms with Gasteiger partial charge < -0.3 is 10.1 Å². The van der Waals surface area contributed by atoms with Gasteiger partial charge in [0.1, 0.15) is 0 Å². The molecule has 0 amide bonds. The molecule has 0 aliphatic rings. The zero-order valence-electron chi connectivity index (χ0n) is 12.9. The van der Waals surface area contributed by atoms with Crippen LogP contribution >= 0.6 is 0 Å². The van der Waals surface area contributed by atoms with E-state index in [1.807, 2.05) is 0 Å². The fourth-order valence-corrected chi connectivity index (χ4v) is 2.17. The van der Waals surface area contributed by atoms with Crippen LogP contribution in [0, 0.1) is 6.92 Å². The fourth-order valence-electron chi connectivity index (χ4n) is 2.17. The molecule has 0 spiro atoms. The van der Waals surface area contributed by atoms with E-state index in [4.69, 9.17) is 4.74 Å². The van der Waals surface area contributed by atoms with Crippen molar-refractivity contribution in [3.63, 3.8) is 0 Å². The number of nitrogens with one attached hydrogen (secondary N) is 1. The van der Waals surface area contributed by atoms with E-state index in [1.165, 1.54) is 11.1 Å². The Kier molecular flexibility index (Phi) is 7.06. The summed E-state index contributed by atoms with van der Waals surface area (Å²) in [4.78, 5) is 2.34. The van der Waals surface area contributed by atoms with Gasteiger partial charge in [-0.3, -0.25) is 4.90 Å². The van der Waals surface area contributed by atoms with Crippen LogP contribution in [0.1, 0.15) is 31.0 Å². The largest absolute Gasteiger partial charge is 0.383 e. The van der Waals surface area contributed by atoms with Crippen LogP contribution in [0.5, 0.6) is 0 Å². The molecule has 19 heavy (non-hydrogen) atoms. The van der Waals surface area contributed by atoms with E-state index in [9.17, 15) is 0 Å². The first kappa shape index (κ1) is 16.2. The van der Waals surface area contributed by atoms with Gasteiger partial charge in [0.05, 0.1) is 6.61 Å². The summed E-state index contributed by atoms with van der Waals surface area (Å²) < 4.78 is 5.23. The first-order chi connectivity index (χ1) is 9.08. The van der Waals surface area contributed by atoms with E-state index in [1.54, 1.807) is 7.11 Å². The molecule has 0 aliphatic heterocycles. The molecule has 108 valence electrons. The molecule has 1 rings (SSSR count). The van der Waals surface area contributed by atoms with Gasteiger partial charge in [0.2, 0.25) is 0 Å². The van der Waals surface area contributed by atoms with Crippen molar-refractivity contribution < 1.29 is 4.74 Å². The summed E-state index contributed by atoms with van der Waals surface area (Å²) in [5.41, 5.74) is 2.66. The summed E-state index contributed by atoms with van der Waals surface area (Å²) in [5, 5.41) is 3.56. The quantitative estimate of drug-likeness (QED) is 0.781. The second kappa shape index (κ2) is 8.31. The molecule has 0 bridgehead atoms. The highest BCUT2D eigenvalue weighted by Gasteiger charge is 2.16. The monoisotopic (exact) mass is 264 g/mol. The van der Waals surface area contributed by atoms with Crippen molar-refractivity contribution in [3.05, 3.63) is 35.4 Å². The summed E-state index contributed by atoms with van der Waals surface area (Å²) in [7, 11) is 3.91. The van der Waals surface area contributed by atoms with Gasteiger partial charge in [-0.25, -0.2) is 0 Å². The molecule has 1 aromatic rings. The van der Waals surface area contributed by atoms with E-state index < -0.39 is 0 Å². The zero-order valence-corrected chi connectivity index (χ0v) is 12.9. The minimum absolute atomic E-state index is 0.370. The number of methoxy groups -OCH3 is 1. The van der Waals surface area contributed by atoms with E-state index >= 15 is 0 Å². The summed E-state index contributed by atoms with van der Waals surface area (Å²) in [6.07, 6.45) is 0. The molecule has 0 saturated carbocycles. The molecule has 0 heterocycles. The Morgan fingerprint density at radius 3 is 2.42 bits per heavy atom. The number of aryl methyl sites for hydroxylation is 1. The second-order valence-electron chi connectivity index (χ2n) is 5.26. The Bertz CT molecular complexity index is 350. The van der Waals surface area contributed by atoms with Crippen molar-refractivity contribution >= 4 is 0 Å². The van der Waals surface area contributed by atoms with Gasteiger partial charge >= 0.3 is 0 Å².